The molecule has 2 aliphatic rings. The van der Waals surface area contributed by atoms with E-state index in [0.717, 1.165) is 5.56 Å². The second kappa shape index (κ2) is 8.21. The molecular weight excluding hydrogens is 457 g/mol. The molecule has 4 nitrogen and oxygen atoms in total. The van der Waals surface area contributed by atoms with Crippen LogP contribution in [0.15, 0.2) is 96.0 Å². The molecule has 154 valence electrons. The molecule has 1 saturated heterocycles. The third-order valence-electron chi connectivity index (χ3n) is 5.50. The number of benzene rings is 3. The number of nitrogens with one attached hydrogen (secondary N) is 1. The third kappa shape index (κ3) is 3.73. The number of carbonyl (C=O) groups excluding carboxylic acids is 1. The first kappa shape index (κ1) is 19.8. The topological polar surface area (TPSA) is 44.7 Å². The summed E-state index contributed by atoms with van der Waals surface area (Å²) in [5, 5.41) is 1.92. The van der Waals surface area contributed by atoms with Crippen LogP contribution in [0.2, 0.25) is 0 Å². The molecule has 0 radical (unpaired) electrons. The monoisotopic (exact) mass is 475 g/mol. The maximum absolute atomic E-state index is 14.0. The van der Waals surface area contributed by atoms with Crippen LogP contribution in [0.3, 0.4) is 0 Å². The predicted molar refractivity (Wildman–Crippen MR) is 123 cm³/mol. The van der Waals surface area contributed by atoms with E-state index in [1.54, 1.807) is 24.3 Å². The average molecular weight is 476 g/mol. The molecule has 0 amide bonds. The maximum Gasteiger partial charge on any atom is 0.211 e. The Labute approximate surface area is 188 Å². The number of carbonyl (C=O) groups is 1. The van der Waals surface area contributed by atoms with Gasteiger partial charge in [-0.1, -0.05) is 88.7 Å². The number of allylic oxidation sites excluding steroid dienone is 1. The van der Waals surface area contributed by atoms with Crippen LogP contribution in [0.4, 0.5) is 4.39 Å². The number of Topliss-reactive ketones (excluding diaryl/α,β-unsaturated/α-hetero) is 1. The standard InChI is InChI=1S/C25H19BrFN3O/c26-22-23(16-8-3-1-4-9-16)29-30-21(18-12-7-13-19(27)14-18)15-20(28-25(22)30)24(31)17-10-5-2-6-11-17/h1-15,22-23,25,29H. The first-order chi connectivity index (χ1) is 15.1. The Morgan fingerprint density at radius 3 is 2.39 bits per heavy atom. The Balaban J connectivity index is 1.59. The maximum atomic E-state index is 14.0. The highest BCUT2D eigenvalue weighted by Crippen LogP contribution is 2.40. The summed E-state index contributed by atoms with van der Waals surface area (Å²) in [5.74, 6) is -0.486. The molecule has 31 heavy (non-hydrogen) atoms. The molecule has 0 saturated carbocycles. The Bertz CT molecular complexity index is 1180. The van der Waals surface area contributed by atoms with E-state index >= 15 is 0 Å². The molecule has 2 aliphatic heterocycles. The molecule has 0 spiro atoms. The lowest BCUT2D eigenvalue weighted by atomic mass is 10.0. The van der Waals surface area contributed by atoms with Gasteiger partial charge in [-0.25, -0.2) is 9.82 Å². The van der Waals surface area contributed by atoms with Crippen molar-refractivity contribution in [1.82, 2.24) is 10.4 Å². The highest BCUT2D eigenvalue weighted by molar-refractivity contribution is 9.09. The van der Waals surface area contributed by atoms with Gasteiger partial charge < -0.3 is 0 Å². The molecule has 3 unspecified atom stereocenters. The van der Waals surface area contributed by atoms with Crippen LogP contribution in [0.25, 0.3) is 5.70 Å². The number of aliphatic imine (C=N–C) groups is 1. The predicted octanol–water partition coefficient (Wildman–Crippen LogP) is 5.16. The normalized spacial score (nSPS) is 22.5. The molecule has 3 atom stereocenters. The van der Waals surface area contributed by atoms with Crippen molar-refractivity contribution < 1.29 is 9.18 Å². The zero-order valence-electron chi connectivity index (χ0n) is 16.5. The highest BCUT2D eigenvalue weighted by atomic mass is 79.9. The van der Waals surface area contributed by atoms with Crippen molar-refractivity contribution in [2.75, 3.05) is 0 Å². The molecule has 3 aromatic rings. The van der Waals surface area contributed by atoms with Gasteiger partial charge in [-0.05, 0) is 23.8 Å². The Morgan fingerprint density at radius 2 is 1.68 bits per heavy atom. The molecule has 1 N–H and O–H groups in total. The number of rotatable bonds is 4. The number of nitrogens with zero attached hydrogens (tertiary/aromatic N) is 2. The number of ketones is 1. The molecule has 5 rings (SSSR count). The van der Waals surface area contributed by atoms with E-state index in [2.05, 4.69) is 33.5 Å². The fourth-order valence-electron chi connectivity index (χ4n) is 3.98. The van der Waals surface area contributed by atoms with Gasteiger partial charge in [0.05, 0.1) is 16.6 Å². The SMILES string of the molecule is O=C(C1=NC2C(Br)C(c3ccccc3)NN2C(c2cccc(F)c2)=C1)c1ccccc1. The lowest BCUT2D eigenvalue weighted by Crippen LogP contribution is -2.40. The Hall–Kier alpha value is -3.09. The van der Waals surface area contributed by atoms with Crippen LogP contribution in [0.5, 0.6) is 0 Å². The summed E-state index contributed by atoms with van der Waals surface area (Å²) in [6.45, 7) is 0. The second-order valence-corrected chi connectivity index (χ2v) is 8.55. The van der Waals surface area contributed by atoms with Crippen LogP contribution in [0.1, 0.15) is 27.5 Å². The highest BCUT2D eigenvalue weighted by Gasteiger charge is 2.44. The number of fused-ring (bicyclic) bond motifs is 1. The van der Waals surface area contributed by atoms with Crippen molar-refractivity contribution in [2.45, 2.75) is 17.0 Å². The number of hydrazine groups is 1. The van der Waals surface area contributed by atoms with E-state index in [1.807, 2.05) is 47.5 Å². The van der Waals surface area contributed by atoms with Crippen molar-refractivity contribution in [1.29, 1.82) is 0 Å². The average Bonchev–Trinajstić information content (AvgIpc) is 3.15. The van der Waals surface area contributed by atoms with Gasteiger partial charge in [-0.2, -0.15) is 0 Å². The summed E-state index contributed by atoms with van der Waals surface area (Å²) < 4.78 is 14.0. The molecule has 0 aromatic heterocycles. The summed E-state index contributed by atoms with van der Waals surface area (Å²) in [5.41, 5.74) is 6.92. The molecule has 3 aromatic carbocycles. The van der Waals surface area contributed by atoms with Gasteiger partial charge in [-0.15, -0.1) is 0 Å². The first-order valence-corrected chi connectivity index (χ1v) is 10.9. The van der Waals surface area contributed by atoms with Crippen molar-refractivity contribution in [3.05, 3.63) is 114 Å². The van der Waals surface area contributed by atoms with E-state index in [9.17, 15) is 9.18 Å². The van der Waals surface area contributed by atoms with E-state index in [0.29, 0.717) is 22.5 Å². The van der Waals surface area contributed by atoms with Crippen molar-refractivity contribution >= 4 is 33.1 Å². The minimum Gasteiger partial charge on any atom is -0.287 e. The fraction of sp³-hybridized carbons (Fsp3) is 0.120. The first-order valence-electron chi connectivity index (χ1n) is 10.0. The number of hydrogen-bond donors (Lipinski definition) is 1. The van der Waals surface area contributed by atoms with Gasteiger partial charge in [0.15, 0.2) is 6.17 Å². The van der Waals surface area contributed by atoms with E-state index in [1.165, 1.54) is 12.1 Å². The summed E-state index contributed by atoms with van der Waals surface area (Å²) >= 11 is 3.81. The van der Waals surface area contributed by atoms with E-state index in [-0.39, 0.29) is 28.6 Å². The van der Waals surface area contributed by atoms with Gasteiger partial charge in [0, 0.05) is 11.1 Å². The number of halogens is 2. The van der Waals surface area contributed by atoms with Gasteiger partial charge in [0.25, 0.3) is 0 Å². The summed E-state index contributed by atoms with van der Waals surface area (Å²) in [6, 6.07) is 25.5. The van der Waals surface area contributed by atoms with Crippen LogP contribution >= 0.6 is 15.9 Å². The van der Waals surface area contributed by atoms with Crippen molar-refractivity contribution in [3.63, 3.8) is 0 Å². The van der Waals surface area contributed by atoms with E-state index in [4.69, 9.17) is 4.99 Å². The van der Waals surface area contributed by atoms with Crippen molar-refractivity contribution in [3.8, 4) is 0 Å². The lowest BCUT2D eigenvalue weighted by Gasteiger charge is -2.31. The summed E-state index contributed by atoms with van der Waals surface area (Å²) in [7, 11) is 0. The molecule has 6 heteroatoms. The van der Waals surface area contributed by atoms with Crippen LogP contribution in [0, 0.1) is 5.82 Å². The van der Waals surface area contributed by atoms with Gasteiger partial charge in [-0.3, -0.25) is 14.8 Å². The van der Waals surface area contributed by atoms with Crippen molar-refractivity contribution in [2.24, 2.45) is 4.99 Å². The van der Waals surface area contributed by atoms with Gasteiger partial charge >= 0.3 is 0 Å². The summed E-state index contributed by atoms with van der Waals surface area (Å²) in [4.78, 5) is 17.9. The number of hydrogen-bond acceptors (Lipinski definition) is 4. The smallest absolute Gasteiger partial charge is 0.211 e. The van der Waals surface area contributed by atoms with Gasteiger partial charge in [0.1, 0.15) is 11.5 Å². The quantitative estimate of drug-likeness (QED) is 0.418. The zero-order chi connectivity index (χ0) is 21.4. The Kier molecular flexibility index (Phi) is 5.26. The number of alkyl halides is 1. The third-order valence-corrected chi connectivity index (χ3v) is 6.50. The molecule has 0 aliphatic carbocycles. The molecule has 1 fully saturated rings. The van der Waals surface area contributed by atoms with Gasteiger partial charge in [0.2, 0.25) is 5.78 Å². The molecular formula is C25H19BrFN3O. The second-order valence-electron chi connectivity index (χ2n) is 7.49. The molecule has 2 heterocycles. The lowest BCUT2D eigenvalue weighted by molar-refractivity contribution is 0.106. The van der Waals surface area contributed by atoms with Crippen LogP contribution < -0.4 is 5.43 Å². The van der Waals surface area contributed by atoms with Crippen LogP contribution in [-0.4, -0.2) is 27.5 Å². The largest absolute Gasteiger partial charge is 0.287 e. The minimum absolute atomic E-state index is 0.0573. The summed E-state index contributed by atoms with van der Waals surface area (Å²) in [6.07, 6.45) is 1.37. The van der Waals surface area contributed by atoms with Crippen LogP contribution in [-0.2, 0) is 0 Å². The Morgan fingerprint density at radius 1 is 0.968 bits per heavy atom. The minimum atomic E-state index is -0.365. The van der Waals surface area contributed by atoms with E-state index < -0.39 is 0 Å². The fourth-order valence-corrected chi connectivity index (χ4v) is 4.76. The zero-order valence-corrected chi connectivity index (χ0v) is 18.0. The molecule has 0 bridgehead atoms.